The molecule has 0 fully saturated rings. The molecule has 1 amide bonds. The molecule has 7 heteroatoms. The largest absolute Gasteiger partial charge is 0.489 e. The highest BCUT2D eigenvalue weighted by molar-refractivity contribution is 7.12. The zero-order chi connectivity index (χ0) is 20.9. The van der Waals surface area contributed by atoms with E-state index in [2.05, 4.69) is 34.5 Å². The third kappa shape index (κ3) is 5.12. The predicted molar refractivity (Wildman–Crippen MR) is 118 cm³/mol. The number of anilines is 1. The fraction of sp³-hybridized carbons (Fsp3) is 0.174. The van der Waals surface area contributed by atoms with Crippen LogP contribution < -0.4 is 10.1 Å². The van der Waals surface area contributed by atoms with Gasteiger partial charge in [0.15, 0.2) is 0 Å². The van der Waals surface area contributed by atoms with Crippen LogP contribution in [-0.4, -0.2) is 20.7 Å². The maximum Gasteiger partial charge on any atom is 0.268 e. The second-order valence-electron chi connectivity index (χ2n) is 7.13. The average Bonchev–Trinajstić information content (AvgIpc) is 3.37. The van der Waals surface area contributed by atoms with Crippen molar-refractivity contribution in [2.24, 2.45) is 0 Å². The van der Waals surface area contributed by atoms with Gasteiger partial charge in [0.1, 0.15) is 18.7 Å². The smallest absolute Gasteiger partial charge is 0.268 e. The number of nitrogens with one attached hydrogen (secondary N) is 1. The molecule has 1 N–H and O–H groups in total. The van der Waals surface area contributed by atoms with E-state index in [9.17, 15) is 4.79 Å². The van der Waals surface area contributed by atoms with E-state index in [1.165, 1.54) is 22.5 Å². The van der Waals surface area contributed by atoms with Gasteiger partial charge in [-0.05, 0) is 43.0 Å². The number of amides is 1. The van der Waals surface area contributed by atoms with E-state index in [1.807, 2.05) is 54.8 Å². The summed E-state index contributed by atoms with van der Waals surface area (Å²) in [6.07, 6.45) is 1.62. The fourth-order valence-electron chi connectivity index (χ4n) is 2.96. The van der Waals surface area contributed by atoms with Gasteiger partial charge in [0.25, 0.3) is 5.91 Å². The van der Waals surface area contributed by atoms with Crippen molar-refractivity contribution in [2.45, 2.75) is 27.0 Å². The first-order valence-electron chi connectivity index (χ1n) is 9.58. The van der Waals surface area contributed by atoms with Gasteiger partial charge in [0.2, 0.25) is 5.95 Å². The van der Waals surface area contributed by atoms with Crippen LogP contribution in [-0.2, 0) is 13.2 Å². The van der Waals surface area contributed by atoms with Crippen LogP contribution in [0.2, 0.25) is 0 Å². The molecule has 0 radical (unpaired) electrons. The maximum absolute atomic E-state index is 12.5. The summed E-state index contributed by atoms with van der Waals surface area (Å²) in [6.45, 7) is 5.10. The molecule has 152 valence electrons. The van der Waals surface area contributed by atoms with Crippen molar-refractivity contribution in [3.05, 3.63) is 93.4 Å². The number of carbonyl (C=O) groups excluding carboxylic acids is 1. The molecule has 0 spiro atoms. The number of carbonyl (C=O) groups is 1. The van der Waals surface area contributed by atoms with Gasteiger partial charge in [-0.3, -0.25) is 10.1 Å². The SMILES string of the molecule is Cc1ccc(OCc2csc(C(=O)Nc3ncn(Cc4cccc(C)c4)n3)c2)cc1. The Bertz CT molecular complexity index is 1150. The van der Waals surface area contributed by atoms with Gasteiger partial charge in [0, 0.05) is 5.56 Å². The van der Waals surface area contributed by atoms with Gasteiger partial charge >= 0.3 is 0 Å². The zero-order valence-corrected chi connectivity index (χ0v) is 17.6. The fourth-order valence-corrected chi connectivity index (χ4v) is 3.75. The van der Waals surface area contributed by atoms with Crippen LogP contribution in [0, 0.1) is 13.8 Å². The highest BCUT2D eigenvalue weighted by Gasteiger charge is 2.12. The number of hydrogen-bond acceptors (Lipinski definition) is 5. The molecule has 4 rings (SSSR count). The minimum Gasteiger partial charge on any atom is -0.489 e. The maximum atomic E-state index is 12.5. The summed E-state index contributed by atoms with van der Waals surface area (Å²) in [4.78, 5) is 17.3. The molecule has 0 aliphatic heterocycles. The molecular formula is C23H22N4O2S. The minimum absolute atomic E-state index is 0.227. The van der Waals surface area contributed by atoms with Crippen molar-refractivity contribution in [3.8, 4) is 5.75 Å². The number of thiophene rings is 1. The lowest BCUT2D eigenvalue weighted by Gasteiger charge is -2.04. The van der Waals surface area contributed by atoms with E-state index in [0.29, 0.717) is 24.0 Å². The van der Waals surface area contributed by atoms with E-state index < -0.39 is 0 Å². The second-order valence-corrected chi connectivity index (χ2v) is 8.04. The van der Waals surface area contributed by atoms with E-state index >= 15 is 0 Å². The predicted octanol–water partition coefficient (Wildman–Crippen LogP) is 4.84. The molecule has 6 nitrogen and oxygen atoms in total. The van der Waals surface area contributed by atoms with Crippen LogP contribution in [0.3, 0.4) is 0 Å². The molecule has 0 bridgehead atoms. The number of nitrogens with zero attached hydrogens (tertiary/aromatic N) is 3. The molecule has 2 heterocycles. The number of benzene rings is 2. The third-order valence-corrected chi connectivity index (χ3v) is 5.47. The summed E-state index contributed by atoms with van der Waals surface area (Å²) >= 11 is 1.37. The van der Waals surface area contributed by atoms with Crippen LogP contribution in [0.15, 0.2) is 66.3 Å². The Morgan fingerprint density at radius 1 is 1.07 bits per heavy atom. The number of hydrogen-bond donors (Lipinski definition) is 1. The van der Waals surface area contributed by atoms with Crippen LogP contribution >= 0.6 is 11.3 Å². The second kappa shape index (κ2) is 8.92. The Kier molecular flexibility index (Phi) is 5.90. The van der Waals surface area contributed by atoms with Crippen molar-refractivity contribution in [3.63, 3.8) is 0 Å². The van der Waals surface area contributed by atoms with Gasteiger partial charge in [0.05, 0.1) is 11.4 Å². The van der Waals surface area contributed by atoms with Gasteiger partial charge in [-0.2, -0.15) is 0 Å². The summed E-state index contributed by atoms with van der Waals surface area (Å²) in [5.74, 6) is 0.870. The summed E-state index contributed by atoms with van der Waals surface area (Å²) in [5, 5.41) is 9.02. The van der Waals surface area contributed by atoms with Crippen LogP contribution in [0.1, 0.15) is 31.9 Å². The summed E-state index contributed by atoms with van der Waals surface area (Å²) in [7, 11) is 0. The molecule has 0 aliphatic rings. The zero-order valence-electron chi connectivity index (χ0n) is 16.8. The molecule has 30 heavy (non-hydrogen) atoms. The number of aromatic nitrogens is 3. The third-order valence-electron chi connectivity index (χ3n) is 4.49. The van der Waals surface area contributed by atoms with Crippen LogP contribution in [0.5, 0.6) is 5.75 Å². The monoisotopic (exact) mass is 418 g/mol. The molecule has 0 atom stereocenters. The molecule has 2 aromatic heterocycles. The Labute approximate surface area is 179 Å². The molecule has 2 aromatic carbocycles. The molecule has 0 saturated heterocycles. The first-order chi connectivity index (χ1) is 14.5. The van der Waals surface area contributed by atoms with Crippen molar-refractivity contribution in [1.82, 2.24) is 14.8 Å². The minimum atomic E-state index is -0.227. The van der Waals surface area contributed by atoms with Crippen molar-refractivity contribution >= 4 is 23.2 Å². The van der Waals surface area contributed by atoms with Crippen LogP contribution in [0.25, 0.3) is 0 Å². The van der Waals surface area contributed by atoms with E-state index in [-0.39, 0.29) is 5.91 Å². The van der Waals surface area contributed by atoms with E-state index in [0.717, 1.165) is 16.9 Å². The van der Waals surface area contributed by atoms with E-state index in [1.54, 1.807) is 11.0 Å². The van der Waals surface area contributed by atoms with Gasteiger partial charge in [-0.1, -0.05) is 47.5 Å². The highest BCUT2D eigenvalue weighted by atomic mass is 32.1. The van der Waals surface area contributed by atoms with Crippen LogP contribution in [0.4, 0.5) is 5.95 Å². The normalized spacial score (nSPS) is 10.7. The summed E-state index contributed by atoms with van der Waals surface area (Å²) in [6, 6.07) is 17.9. The van der Waals surface area contributed by atoms with Crippen molar-refractivity contribution in [2.75, 3.05) is 5.32 Å². The first-order valence-corrected chi connectivity index (χ1v) is 10.5. The number of aryl methyl sites for hydroxylation is 2. The molecule has 0 saturated carbocycles. The quantitative estimate of drug-likeness (QED) is 0.466. The van der Waals surface area contributed by atoms with Crippen molar-refractivity contribution < 1.29 is 9.53 Å². The lowest BCUT2D eigenvalue weighted by Crippen LogP contribution is -2.12. The molecule has 4 aromatic rings. The lowest BCUT2D eigenvalue weighted by molar-refractivity contribution is 0.102. The molecular weight excluding hydrogens is 396 g/mol. The Morgan fingerprint density at radius 3 is 2.70 bits per heavy atom. The van der Waals surface area contributed by atoms with Crippen molar-refractivity contribution in [1.29, 1.82) is 0 Å². The van der Waals surface area contributed by atoms with Gasteiger partial charge in [-0.15, -0.1) is 16.4 Å². The highest BCUT2D eigenvalue weighted by Crippen LogP contribution is 2.19. The molecule has 0 unspecified atom stereocenters. The lowest BCUT2D eigenvalue weighted by atomic mass is 10.1. The Hall–Kier alpha value is -3.45. The average molecular weight is 419 g/mol. The topological polar surface area (TPSA) is 69.0 Å². The Balaban J connectivity index is 1.33. The summed E-state index contributed by atoms with van der Waals surface area (Å²) in [5.41, 5.74) is 4.46. The standard InChI is InChI=1S/C23H22N4O2S/c1-16-6-8-20(9-7-16)29-13-19-11-21(30-14-19)22(28)25-23-24-15-27(26-23)12-18-5-3-4-17(2)10-18/h3-11,14-15H,12-13H2,1-2H3,(H,25,26,28). The van der Waals surface area contributed by atoms with Gasteiger partial charge in [-0.25, -0.2) is 9.67 Å². The van der Waals surface area contributed by atoms with E-state index in [4.69, 9.17) is 4.74 Å². The number of ether oxygens (including phenoxy) is 1. The molecule has 0 aliphatic carbocycles. The summed E-state index contributed by atoms with van der Waals surface area (Å²) < 4.78 is 7.48. The number of rotatable bonds is 7. The van der Waals surface area contributed by atoms with Gasteiger partial charge < -0.3 is 4.74 Å². The Morgan fingerprint density at radius 2 is 1.90 bits per heavy atom. The first kappa shape index (κ1) is 19.8.